The first-order valence-corrected chi connectivity index (χ1v) is 6.39. The highest BCUT2D eigenvalue weighted by atomic mass is 79.9. The number of phenols is 1. The lowest BCUT2D eigenvalue weighted by Gasteiger charge is -2.08. The van der Waals surface area contributed by atoms with Crippen molar-refractivity contribution in [3.05, 3.63) is 57.3 Å². The van der Waals surface area contributed by atoms with Crippen LogP contribution in [0.1, 0.15) is 5.56 Å². The highest BCUT2D eigenvalue weighted by molar-refractivity contribution is 9.10. The molecule has 0 spiro atoms. The summed E-state index contributed by atoms with van der Waals surface area (Å²) >= 11 is 8.98. The number of aromatic hydroxyl groups is 1. The van der Waals surface area contributed by atoms with Crippen LogP contribution in [0.15, 0.2) is 40.9 Å². The zero-order chi connectivity index (χ0) is 13.1. The SMILES string of the molecule is Oc1ccc(NCc2ccc(Br)cc2F)cc1Cl. The Morgan fingerprint density at radius 2 is 2.00 bits per heavy atom. The quantitative estimate of drug-likeness (QED) is 0.809. The Kier molecular flexibility index (Phi) is 4.09. The molecule has 2 aromatic rings. The first-order chi connectivity index (χ1) is 8.56. The zero-order valence-electron chi connectivity index (χ0n) is 9.25. The van der Waals surface area contributed by atoms with Gasteiger partial charge in [0.15, 0.2) is 0 Å². The number of hydrogen-bond acceptors (Lipinski definition) is 2. The Morgan fingerprint density at radius 1 is 1.22 bits per heavy atom. The van der Waals surface area contributed by atoms with Gasteiger partial charge >= 0.3 is 0 Å². The van der Waals surface area contributed by atoms with Crippen LogP contribution in [-0.4, -0.2) is 5.11 Å². The maximum Gasteiger partial charge on any atom is 0.134 e. The number of phenolic OH excluding ortho intramolecular Hbond substituents is 1. The van der Waals surface area contributed by atoms with Gasteiger partial charge in [0.05, 0.1) is 5.02 Å². The van der Waals surface area contributed by atoms with Crippen LogP contribution < -0.4 is 5.32 Å². The van der Waals surface area contributed by atoms with Gasteiger partial charge in [-0.05, 0) is 30.3 Å². The molecule has 0 atom stereocenters. The fraction of sp³-hybridized carbons (Fsp3) is 0.0769. The second-order valence-electron chi connectivity index (χ2n) is 3.76. The smallest absolute Gasteiger partial charge is 0.134 e. The van der Waals surface area contributed by atoms with Crippen molar-refractivity contribution in [2.24, 2.45) is 0 Å². The third kappa shape index (κ3) is 3.15. The van der Waals surface area contributed by atoms with Gasteiger partial charge in [-0.1, -0.05) is 33.6 Å². The third-order valence-electron chi connectivity index (χ3n) is 2.45. The van der Waals surface area contributed by atoms with Crippen LogP contribution in [0.5, 0.6) is 5.75 Å². The maximum absolute atomic E-state index is 13.6. The number of hydrogen-bond donors (Lipinski definition) is 2. The van der Waals surface area contributed by atoms with Gasteiger partial charge in [0.2, 0.25) is 0 Å². The van der Waals surface area contributed by atoms with Crippen molar-refractivity contribution < 1.29 is 9.50 Å². The molecular formula is C13H10BrClFNO. The predicted molar refractivity (Wildman–Crippen MR) is 74.5 cm³/mol. The molecule has 0 aromatic heterocycles. The van der Waals surface area contributed by atoms with Crippen molar-refractivity contribution in [2.45, 2.75) is 6.54 Å². The minimum Gasteiger partial charge on any atom is -0.506 e. The minimum atomic E-state index is -0.276. The van der Waals surface area contributed by atoms with E-state index < -0.39 is 0 Å². The van der Waals surface area contributed by atoms with Crippen molar-refractivity contribution in [3.8, 4) is 5.75 Å². The van der Waals surface area contributed by atoms with E-state index in [1.165, 1.54) is 12.1 Å². The summed E-state index contributed by atoms with van der Waals surface area (Å²) in [6.45, 7) is 0.347. The van der Waals surface area contributed by atoms with Crippen LogP contribution in [0.4, 0.5) is 10.1 Å². The zero-order valence-corrected chi connectivity index (χ0v) is 11.6. The molecule has 0 aliphatic heterocycles. The molecular weight excluding hydrogens is 321 g/mol. The van der Waals surface area contributed by atoms with Gasteiger partial charge in [0.25, 0.3) is 0 Å². The Balaban J connectivity index is 2.09. The van der Waals surface area contributed by atoms with Crippen molar-refractivity contribution in [3.63, 3.8) is 0 Å². The number of nitrogens with one attached hydrogen (secondary N) is 1. The molecule has 2 nitrogen and oxygen atoms in total. The van der Waals surface area contributed by atoms with E-state index in [4.69, 9.17) is 11.6 Å². The summed E-state index contributed by atoms with van der Waals surface area (Å²) in [7, 11) is 0. The van der Waals surface area contributed by atoms with E-state index in [0.29, 0.717) is 16.6 Å². The molecule has 0 aliphatic rings. The van der Waals surface area contributed by atoms with Crippen LogP contribution in [0.2, 0.25) is 5.02 Å². The average Bonchev–Trinajstić information content (AvgIpc) is 2.32. The van der Waals surface area contributed by atoms with Gasteiger partial charge in [-0.3, -0.25) is 0 Å². The molecule has 0 saturated heterocycles. The molecule has 2 rings (SSSR count). The number of halogens is 3. The summed E-state index contributed by atoms with van der Waals surface area (Å²) in [4.78, 5) is 0. The summed E-state index contributed by atoms with van der Waals surface area (Å²) in [5, 5.41) is 12.6. The fourth-order valence-corrected chi connectivity index (χ4v) is 1.99. The summed E-state index contributed by atoms with van der Waals surface area (Å²) < 4.78 is 14.3. The summed E-state index contributed by atoms with van der Waals surface area (Å²) in [5.74, 6) is -0.251. The van der Waals surface area contributed by atoms with E-state index >= 15 is 0 Å². The van der Waals surface area contributed by atoms with E-state index in [1.807, 2.05) is 0 Å². The Morgan fingerprint density at radius 3 is 2.67 bits per heavy atom. The lowest BCUT2D eigenvalue weighted by molar-refractivity contribution is 0.475. The largest absolute Gasteiger partial charge is 0.506 e. The van der Waals surface area contributed by atoms with Gasteiger partial charge in [-0.2, -0.15) is 0 Å². The van der Waals surface area contributed by atoms with E-state index in [2.05, 4.69) is 21.2 Å². The molecule has 2 aromatic carbocycles. The Bertz CT molecular complexity index is 577. The van der Waals surface area contributed by atoms with E-state index in [9.17, 15) is 9.50 Å². The second kappa shape index (κ2) is 5.59. The topological polar surface area (TPSA) is 32.3 Å². The summed E-state index contributed by atoms with van der Waals surface area (Å²) in [6.07, 6.45) is 0. The van der Waals surface area contributed by atoms with Crippen LogP contribution in [0, 0.1) is 5.82 Å². The fourth-order valence-electron chi connectivity index (χ4n) is 1.48. The molecule has 0 bridgehead atoms. The summed E-state index contributed by atoms with van der Waals surface area (Å²) in [6, 6.07) is 9.66. The molecule has 0 aliphatic carbocycles. The highest BCUT2D eigenvalue weighted by Crippen LogP contribution is 2.26. The molecule has 0 amide bonds. The van der Waals surface area contributed by atoms with Gasteiger partial charge in [-0.25, -0.2) is 4.39 Å². The average molecular weight is 331 g/mol. The first kappa shape index (κ1) is 13.2. The van der Waals surface area contributed by atoms with E-state index in [-0.39, 0.29) is 16.6 Å². The first-order valence-electron chi connectivity index (χ1n) is 5.22. The minimum absolute atomic E-state index is 0.0250. The third-order valence-corrected chi connectivity index (χ3v) is 3.24. The van der Waals surface area contributed by atoms with Crippen molar-refractivity contribution in [1.29, 1.82) is 0 Å². The van der Waals surface area contributed by atoms with Crippen LogP contribution in [0.25, 0.3) is 0 Å². The molecule has 0 radical (unpaired) electrons. The lowest BCUT2D eigenvalue weighted by Crippen LogP contribution is -2.01. The predicted octanol–water partition coefficient (Wildman–Crippen LogP) is 4.56. The standard InChI is InChI=1S/C13H10BrClFNO/c14-9-2-1-8(12(16)5-9)7-17-10-3-4-13(18)11(15)6-10/h1-6,17-18H,7H2. The number of rotatable bonds is 3. The second-order valence-corrected chi connectivity index (χ2v) is 5.08. The Hall–Kier alpha value is -1.26. The highest BCUT2D eigenvalue weighted by Gasteiger charge is 2.04. The van der Waals surface area contributed by atoms with Crippen LogP contribution in [-0.2, 0) is 6.54 Å². The lowest BCUT2D eigenvalue weighted by atomic mass is 10.2. The monoisotopic (exact) mass is 329 g/mol. The molecule has 0 heterocycles. The maximum atomic E-state index is 13.6. The van der Waals surface area contributed by atoms with Crippen molar-refractivity contribution in [2.75, 3.05) is 5.32 Å². The van der Waals surface area contributed by atoms with Gasteiger partial charge in [0.1, 0.15) is 11.6 Å². The Labute approximate surface area is 118 Å². The van der Waals surface area contributed by atoms with Crippen LogP contribution in [0.3, 0.4) is 0 Å². The molecule has 2 N–H and O–H groups in total. The van der Waals surface area contributed by atoms with Gasteiger partial charge in [-0.15, -0.1) is 0 Å². The molecule has 0 saturated carbocycles. The van der Waals surface area contributed by atoms with E-state index in [0.717, 1.165) is 5.69 Å². The van der Waals surface area contributed by atoms with E-state index in [1.54, 1.807) is 24.3 Å². The van der Waals surface area contributed by atoms with Gasteiger partial charge in [0, 0.05) is 22.3 Å². The molecule has 94 valence electrons. The molecule has 5 heteroatoms. The molecule has 0 unspecified atom stereocenters. The van der Waals surface area contributed by atoms with Gasteiger partial charge < -0.3 is 10.4 Å². The number of benzene rings is 2. The molecule has 0 fully saturated rings. The number of anilines is 1. The summed E-state index contributed by atoms with van der Waals surface area (Å²) in [5.41, 5.74) is 1.28. The normalized spacial score (nSPS) is 10.4. The van der Waals surface area contributed by atoms with Crippen LogP contribution >= 0.6 is 27.5 Å². The van der Waals surface area contributed by atoms with Crippen molar-refractivity contribution >= 4 is 33.2 Å². The molecule has 18 heavy (non-hydrogen) atoms. The van der Waals surface area contributed by atoms with Crippen molar-refractivity contribution in [1.82, 2.24) is 0 Å².